The first-order chi connectivity index (χ1) is 8.07. The number of rotatable bonds is 2. The first-order valence-electron chi connectivity index (χ1n) is 5.90. The van der Waals surface area contributed by atoms with Crippen molar-refractivity contribution < 1.29 is 13.2 Å². The summed E-state index contributed by atoms with van der Waals surface area (Å²) in [6, 6.07) is 1.18. The van der Waals surface area contributed by atoms with Crippen LogP contribution in [-0.4, -0.2) is 4.57 Å². The van der Waals surface area contributed by atoms with Crippen LogP contribution in [0.15, 0.2) is 10.9 Å². The minimum absolute atomic E-state index is 0.0712. The summed E-state index contributed by atoms with van der Waals surface area (Å²) in [7, 11) is 0. The van der Waals surface area contributed by atoms with Crippen LogP contribution in [0.4, 0.5) is 13.2 Å². The number of pyridine rings is 1. The fourth-order valence-corrected chi connectivity index (χ4v) is 2.15. The van der Waals surface area contributed by atoms with Gasteiger partial charge in [-0.2, -0.15) is 13.2 Å². The summed E-state index contributed by atoms with van der Waals surface area (Å²) in [5.74, 6) is -0.338. The molecule has 0 aromatic carbocycles. The molecular weight excluding hydrogens is 243 g/mol. The Hall–Kier alpha value is -1.26. The average molecular weight is 261 g/mol. The quantitative estimate of drug-likeness (QED) is 0.791. The molecule has 0 unspecified atom stereocenters. The summed E-state index contributed by atoms with van der Waals surface area (Å²) in [5, 5.41) is 0. The number of hydrogen-bond acceptors (Lipinski definition) is 1. The Morgan fingerprint density at radius 2 is 1.67 bits per heavy atom. The van der Waals surface area contributed by atoms with Crippen LogP contribution in [0.25, 0.3) is 0 Å². The van der Waals surface area contributed by atoms with Crippen LogP contribution < -0.4 is 5.56 Å². The Bertz CT molecular complexity index is 498. The summed E-state index contributed by atoms with van der Waals surface area (Å²) in [6.07, 6.45) is -4.61. The molecule has 0 N–H and O–H groups in total. The minimum Gasteiger partial charge on any atom is -0.310 e. The number of nitrogens with zero attached hydrogens (tertiary/aromatic N) is 1. The van der Waals surface area contributed by atoms with Crippen LogP contribution in [0, 0.1) is 6.92 Å². The Labute approximate surface area is 104 Å². The lowest BCUT2D eigenvalue weighted by atomic mass is 9.97. The molecule has 0 saturated heterocycles. The first-order valence-corrected chi connectivity index (χ1v) is 5.90. The third-order valence-electron chi connectivity index (χ3n) is 2.89. The van der Waals surface area contributed by atoms with Gasteiger partial charge in [0, 0.05) is 11.7 Å². The van der Waals surface area contributed by atoms with Gasteiger partial charge in [0.1, 0.15) is 5.56 Å². The highest BCUT2D eigenvalue weighted by Gasteiger charge is 2.38. The summed E-state index contributed by atoms with van der Waals surface area (Å²) in [6.45, 7) is 8.37. The minimum atomic E-state index is -4.61. The summed E-state index contributed by atoms with van der Waals surface area (Å²) >= 11 is 0. The van der Waals surface area contributed by atoms with Gasteiger partial charge < -0.3 is 4.57 Å². The molecule has 5 heteroatoms. The predicted molar refractivity (Wildman–Crippen MR) is 64.9 cm³/mol. The van der Waals surface area contributed by atoms with Crippen molar-refractivity contribution in [3.8, 4) is 0 Å². The van der Waals surface area contributed by atoms with Gasteiger partial charge in [0.25, 0.3) is 5.56 Å². The highest BCUT2D eigenvalue weighted by Crippen LogP contribution is 2.33. The van der Waals surface area contributed by atoms with E-state index in [1.807, 2.05) is 0 Å². The van der Waals surface area contributed by atoms with Crippen molar-refractivity contribution in [1.82, 2.24) is 4.57 Å². The van der Waals surface area contributed by atoms with Crippen molar-refractivity contribution in [2.45, 2.75) is 52.8 Å². The maximum absolute atomic E-state index is 13.0. The highest BCUT2D eigenvalue weighted by atomic mass is 19.4. The van der Waals surface area contributed by atoms with Gasteiger partial charge in [0.05, 0.1) is 0 Å². The van der Waals surface area contributed by atoms with E-state index in [1.54, 1.807) is 34.6 Å². The lowest BCUT2D eigenvalue weighted by Crippen LogP contribution is -2.33. The summed E-state index contributed by atoms with van der Waals surface area (Å²) in [5.41, 5.74) is -1.34. The molecule has 0 saturated carbocycles. The number of halogens is 3. The molecule has 1 aromatic heterocycles. The van der Waals surface area contributed by atoms with Crippen molar-refractivity contribution in [3.63, 3.8) is 0 Å². The molecular formula is C13H18F3NO. The molecule has 0 fully saturated rings. The van der Waals surface area contributed by atoms with E-state index in [4.69, 9.17) is 0 Å². The lowest BCUT2D eigenvalue weighted by Gasteiger charge is -2.21. The maximum Gasteiger partial charge on any atom is 0.421 e. The van der Waals surface area contributed by atoms with Gasteiger partial charge in [-0.25, -0.2) is 0 Å². The number of aryl methyl sites for hydroxylation is 1. The highest BCUT2D eigenvalue weighted by molar-refractivity contribution is 5.32. The normalized spacial score (nSPS) is 12.6. The van der Waals surface area contributed by atoms with Gasteiger partial charge >= 0.3 is 6.18 Å². The molecule has 0 aliphatic heterocycles. The number of alkyl halides is 3. The SMILES string of the molecule is Cc1cc(C(C)C)c(C(F)(F)F)c(=O)n1C(C)C. The lowest BCUT2D eigenvalue weighted by molar-refractivity contribution is -0.139. The molecule has 1 aromatic rings. The van der Waals surface area contributed by atoms with Crippen LogP contribution in [0.5, 0.6) is 0 Å². The van der Waals surface area contributed by atoms with Crippen LogP contribution >= 0.6 is 0 Å². The molecule has 0 spiro atoms. The smallest absolute Gasteiger partial charge is 0.310 e. The monoisotopic (exact) mass is 261 g/mol. The fourth-order valence-electron chi connectivity index (χ4n) is 2.15. The zero-order valence-corrected chi connectivity index (χ0v) is 11.2. The van der Waals surface area contributed by atoms with E-state index in [9.17, 15) is 18.0 Å². The average Bonchev–Trinajstić information content (AvgIpc) is 2.12. The number of aromatic nitrogens is 1. The Morgan fingerprint density at radius 3 is 2.00 bits per heavy atom. The van der Waals surface area contributed by atoms with Gasteiger partial charge in [-0.3, -0.25) is 4.79 Å². The van der Waals surface area contributed by atoms with Crippen molar-refractivity contribution in [3.05, 3.63) is 33.2 Å². The van der Waals surface area contributed by atoms with Crippen LogP contribution in [0.3, 0.4) is 0 Å². The second-order valence-electron chi connectivity index (χ2n) is 5.04. The van der Waals surface area contributed by atoms with E-state index in [0.717, 1.165) is 0 Å². The molecule has 102 valence electrons. The zero-order chi connectivity index (χ0) is 14.2. The maximum atomic E-state index is 13.0. The summed E-state index contributed by atoms with van der Waals surface area (Å²) < 4.78 is 40.3. The largest absolute Gasteiger partial charge is 0.421 e. The number of hydrogen-bond donors (Lipinski definition) is 0. The van der Waals surface area contributed by atoms with Crippen molar-refractivity contribution in [2.24, 2.45) is 0 Å². The van der Waals surface area contributed by atoms with Crippen LogP contribution in [0.2, 0.25) is 0 Å². The van der Waals surface area contributed by atoms with E-state index in [1.165, 1.54) is 10.6 Å². The van der Waals surface area contributed by atoms with Gasteiger partial charge in [0.15, 0.2) is 0 Å². The van der Waals surface area contributed by atoms with Gasteiger partial charge in [-0.05, 0) is 38.3 Å². The zero-order valence-electron chi connectivity index (χ0n) is 11.2. The summed E-state index contributed by atoms with van der Waals surface area (Å²) in [4.78, 5) is 12.0. The van der Waals surface area contributed by atoms with Crippen molar-refractivity contribution >= 4 is 0 Å². The first kappa shape index (κ1) is 14.8. The van der Waals surface area contributed by atoms with Gasteiger partial charge in [0.2, 0.25) is 0 Å². The van der Waals surface area contributed by atoms with Crippen LogP contribution in [-0.2, 0) is 6.18 Å². The molecule has 0 atom stereocenters. The second kappa shape index (κ2) is 4.78. The van der Waals surface area contributed by atoms with E-state index in [2.05, 4.69) is 0 Å². The molecule has 0 bridgehead atoms. The molecule has 18 heavy (non-hydrogen) atoms. The predicted octanol–water partition coefficient (Wildman–Crippen LogP) is 3.88. The Balaban J connectivity index is 3.75. The third kappa shape index (κ3) is 2.60. The molecule has 0 aliphatic carbocycles. The Morgan fingerprint density at radius 1 is 1.17 bits per heavy atom. The fraction of sp³-hybridized carbons (Fsp3) is 0.615. The molecule has 1 heterocycles. The molecule has 2 nitrogen and oxygen atoms in total. The topological polar surface area (TPSA) is 22.0 Å². The standard InChI is InChI=1S/C13H18F3NO/c1-7(2)10-6-9(5)17(8(3)4)12(18)11(10)13(14,15)16/h6-8H,1-5H3. The van der Waals surface area contributed by atoms with E-state index >= 15 is 0 Å². The van der Waals surface area contributed by atoms with Crippen LogP contribution in [0.1, 0.15) is 56.5 Å². The van der Waals surface area contributed by atoms with E-state index in [-0.39, 0.29) is 17.5 Å². The van der Waals surface area contributed by atoms with E-state index < -0.39 is 17.3 Å². The molecule has 0 aliphatic rings. The molecule has 1 rings (SSSR count). The van der Waals surface area contributed by atoms with Crippen molar-refractivity contribution in [1.29, 1.82) is 0 Å². The molecule has 0 radical (unpaired) electrons. The third-order valence-corrected chi connectivity index (χ3v) is 2.89. The molecule has 0 amide bonds. The Kier molecular flexibility index (Phi) is 3.93. The van der Waals surface area contributed by atoms with Gasteiger partial charge in [-0.1, -0.05) is 13.8 Å². The van der Waals surface area contributed by atoms with Gasteiger partial charge in [-0.15, -0.1) is 0 Å². The van der Waals surface area contributed by atoms with Crippen molar-refractivity contribution in [2.75, 3.05) is 0 Å². The van der Waals surface area contributed by atoms with E-state index in [0.29, 0.717) is 5.69 Å². The second-order valence-corrected chi connectivity index (χ2v) is 5.04.